The van der Waals surface area contributed by atoms with Gasteiger partial charge in [-0.2, -0.15) is 0 Å². The molecule has 1 heterocycles. The second-order valence-electron chi connectivity index (χ2n) is 4.66. The van der Waals surface area contributed by atoms with Crippen LogP contribution in [-0.2, 0) is 15.1 Å². The van der Waals surface area contributed by atoms with Crippen molar-refractivity contribution >= 4 is 17.9 Å². The van der Waals surface area contributed by atoms with Crippen LogP contribution in [-0.4, -0.2) is 41.6 Å². The van der Waals surface area contributed by atoms with Crippen molar-refractivity contribution in [3.05, 3.63) is 29.6 Å². The second kappa shape index (κ2) is 5.04. The highest BCUT2D eigenvalue weighted by atomic mass is 19.1. The molecule has 0 radical (unpaired) electrons. The van der Waals surface area contributed by atoms with Gasteiger partial charge in [0.2, 0.25) is 0 Å². The van der Waals surface area contributed by atoms with Crippen LogP contribution in [0.25, 0.3) is 0 Å². The maximum absolute atomic E-state index is 14.1. The van der Waals surface area contributed by atoms with Crippen molar-refractivity contribution in [2.75, 3.05) is 13.7 Å². The zero-order valence-electron chi connectivity index (χ0n) is 11.3. The van der Waals surface area contributed by atoms with E-state index in [0.29, 0.717) is 4.90 Å². The number of imide groups is 1. The molecule has 0 bridgehead atoms. The number of benzene rings is 1. The molecule has 2 N–H and O–H groups in total. The van der Waals surface area contributed by atoms with E-state index in [1.165, 1.54) is 26.2 Å². The quantitative estimate of drug-likeness (QED) is 0.797. The van der Waals surface area contributed by atoms with E-state index in [1.807, 2.05) is 0 Å². The lowest BCUT2D eigenvalue weighted by Gasteiger charge is -2.24. The van der Waals surface area contributed by atoms with Gasteiger partial charge in [0, 0.05) is 0 Å². The van der Waals surface area contributed by atoms with Crippen molar-refractivity contribution in [3.63, 3.8) is 0 Å². The van der Waals surface area contributed by atoms with Gasteiger partial charge in [-0.15, -0.1) is 0 Å². The summed E-state index contributed by atoms with van der Waals surface area (Å²) in [6.45, 7) is 0.507. The molecule has 1 aliphatic heterocycles. The molecule has 8 heteroatoms. The molecule has 0 saturated carbocycles. The molecule has 21 heavy (non-hydrogen) atoms. The first kappa shape index (κ1) is 14.8. The Hall–Kier alpha value is -2.64. The predicted molar refractivity (Wildman–Crippen MR) is 68.2 cm³/mol. The summed E-state index contributed by atoms with van der Waals surface area (Å²) in [6.07, 6.45) is 0. The molecular weight excluding hydrogens is 283 g/mol. The van der Waals surface area contributed by atoms with Crippen molar-refractivity contribution in [1.82, 2.24) is 10.2 Å². The molecule has 112 valence electrons. The Morgan fingerprint density at radius 2 is 2.14 bits per heavy atom. The number of urea groups is 1. The van der Waals surface area contributed by atoms with Crippen LogP contribution in [0.1, 0.15) is 12.5 Å². The Morgan fingerprint density at radius 3 is 2.71 bits per heavy atom. The van der Waals surface area contributed by atoms with E-state index in [-0.39, 0.29) is 11.3 Å². The predicted octanol–water partition coefficient (Wildman–Crippen LogP) is 0.686. The van der Waals surface area contributed by atoms with Gasteiger partial charge in [-0.25, -0.2) is 9.18 Å². The molecule has 1 saturated heterocycles. The van der Waals surface area contributed by atoms with Crippen molar-refractivity contribution < 1.29 is 28.6 Å². The number of carboxylic acid groups (broad SMARTS) is 1. The average Bonchev–Trinajstić information content (AvgIpc) is 2.62. The lowest BCUT2D eigenvalue weighted by molar-refractivity contribution is -0.142. The van der Waals surface area contributed by atoms with Crippen LogP contribution in [0.5, 0.6) is 5.75 Å². The van der Waals surface area contributed by atoms with Crippen LogP contribution >= 0.6 is 0 Å². The molecule has 2 rings (SSSR count). The fraction of sp³-hybridized carbons (Fsp3) is 0.308. The largest absolute Gasteiger partial charge is 0.496 e. The minimum atomic E-state index is -1.72. The summed E-state index contributed by atoms with van der Waals surface area (Å²) in [4.78, 5) is 35.4. The molecule has 1 unspecified atom stereocenters. The summed E-state index contributed by atoms with van der Waals surface area (Å²) >= 11 is 0. The Labute approximate surface area is 119 Å². The van der Waals surface area contributed by atoms with Crippen LogP contribution in [0.15, 0.2) is 18.2 Å². The minimum absolute atomic E-state index is 0.0864. The fourth-order valence-corrected chi connectivity index (χ4v) is 2.30. The zero-order chi connectivity index (χ0) is 15.8. The summed E-state index contributed by atoms with van der Waals surface area (Å²) in [6, 6.07) is 3.08. The molecule has 1 atom stereocenters. The highest BCUT2D eigenvalue weighted by Crippen LogP contribution is 2.36. The van der Waals surface area contributed by atoms with E-state index >= 15 is 0 Å². The molecule has 7 nitrogen and oxygen atoms in total. The van der Waals surface area contributed by atoms with E-state index in [2.05, 4.69) is 5.32 Å². The standard InChI is InChI=1S/C13H13FN2O5/c1-13(10-7(14)4-3-5-8(10)21-2)11(19)16(6-9(17)18)12(20)15-13/h3-5H,6H2,1-2H3,(H,15,20)(H,17,18). The molecule has 1 aromatic carbocycles. The number of methoxy groups -OCH3 is 1. The number of hydrogen-bond acceptors (Lipinski definition) is 4. The first-order valence-electron chi connectivity index (χ1n) is 6.00. The van der Waals surface area contributed by atoms with Crippen molar-refractivity contribution in [1.29, 1.82) is 0 Å². The Morgan fingerprint density at radius 1 is 1.48 bits per heavy atom. The highest BCUT2D eigenvalue weighted by molar-refractivity contribution is 6.09. The monoisotopic (exact) mass is 296 g/mol. The van der Waals surface area contributed by atoms with Crippen LogP contribution in [0.4, 0.5) is 9.18 Å². The lowest BCUT2D eigenvalue weighted by Crippen LogP contribution is -2.42. The van der Waals surface area contributed by atoms with Gasteiger partial charge in [-0.1, -0.05) is 6.07 Å². The summed E-state index contributed by atoms with van der Waals surface area (Å²) < 4.78 is 19.1. The zero-order valence-corrected chi connectivity index (χ0v) is 11.3. The van der Waals surface area contributed by atoms with Gasteiger partial charge in [0.15, 0.2) is 0 Å². The number of nitrogens with zero attached hydrogens (tertiary/aromatic N) is 1. The number of aliphatic carboxylic acids is 1. The SMILES string of the molecule is COc1cccc(F)c1C1(C)NC(=O)N(CC(=O)O)C1=O. The van der Waals surface area contributed by atoms with E-state index in [4.69, 9.17) is 9.84 Å². The Bertz CT molecular complexity index is 633. The Kier molecular flexibility index (Phi) is 3.54. The molecule has 0 aliphatic carbocycles. The number of ether oxygens (including phenoxy) is 1. The van der Waals surface area contributed by atoms with Crippen molar-refractivity contribution in [2.45, 2.75) is 12.5 Å². The number of nitrogens with one attached hydrogen (secondary N) is 1. The molecule has 0 spiro atoms. The molecule has 1 aromatic rings. The van der Waals surface area contributed by atoms with Crippen LogP contribution in [0, 0.1) is 5.82 Å². The lowest BCUT2D eigenvalue weighted by atomic mass is 9.90. The number of amides is 3. The molecular formula is C13H13FN2O5. The van der Waals surface area contributed by atoms with E-state index in [1.54, 1.807) is 0 Å². The number of hydrogen-bond donors (Lipinski definition) is 2. The van der Waals surface area contributed by atoms with Gasteiger partial charge in [-0.3, -0.25) is 14.5 Å². The minimum Gasteiger partial charge on any atom is -0.496 e. The smallest absolute Gasteiger partial charge is 0.325 e. The van der Waals surface area contributed by atoms with Gasteiger partial charge in [0.1, 0.15) is 23.7 Å². The van der Waals surface area contributed by atoms with Crippen molar-refractivity contribution in [2.24, 2.45) is 0 Å². The molecule has 0 aromatic heterocycles. The summed E-state index contributed by atoms with van der Waals surface area (Å²) in [5.41, 5.74) is -1.86. The van der Waals surface area contributed by atoms with Gasteiger partial charge in [-0.05, 0) is 19.1 Å². The van der Waals surface area contributed by atoms with Gasteiger partial charge in [0.25, 0.3) is 5.91 Å². The topological polar surface area (TPSA) is 95.9 Å². The maximum atomic E-state index is 14.1. The van der Waals surface area contributed by atoms with Gasteiger partial charge in [0.05, 0.1) is 12.7 Å². The average molecular weight is 296 g/mol. The number of carbonyl (C=O) groups excluding carboxylic acids is 2. The summed E-state index contributed by atoms with van der Waals surface area (Å²) in [7, 11) is 1.30. The molecule has 3 amide bonds. The number of halogens is 1. The van der Waals surface area contributed by atoms with E-state index < -0.39 is 35.8 Å². The summed E-state index contributed by atoms with van der Waals surface area (Å²) in [5, 5.41) is 11.1. The third-order valence-corrected chi connectivity index (χ3v) is 3.26. The highest BCUT2D eigenvalue weighted by Gasteiger charge is 2.52. The third-order valence-electron chi connectivity index (χ3n) is 3.26. The second-order valence-corrected chi connectivity index (χ2v) is 4.66. The van der Waals surface area contributed by atoms with E-state index in [9.17, 15) is 18.8 Å². The van der Waals surface area contributed by atoms with Crippen molar-refractivity contribution in [3.8, 4) is 5.75 Å². The van der Waals surface area contributed by atoms with Crippen LogP contribution in [0.3, 0.4) is 0 Å². The Balaban J connectivity index is 2.51. The fourth-order valence-electron chi connectivity index (χ4n) is 2.30. The normalized spacial score (nSPS) is 21.4. The number of carbonyl (C=O) groups is 3. The number of carboxylic acids is 1. The first-order valence-corrected chi connectivity index (χ1v) is 6.00. The van der Waals surface area contributed by atoms with E-state index in [0.717, 1.165) is 6.07 Å². The maximum Gasteiger partial charge on any atom is 0.325 e. The van der Waals surface area contributed by atoms with Crippen LogP contribution < -0.4 is 10.1 Å². The van der Waals surface area contributed by atoms with Crippen LogP contribution in [0.2, 0.25) is 0 Å². The molecule has 1 fully saturated rings. The third kappa shape index (κ3) is 2.28. The summed E-state index contributed by atoms with van der Waals surface area (Å²) in [5.74, 6) is -2.84. The van der Waals surface area contributed by atoms with Gasteiger partial charge >= 0.3 is 12.0 Å². The first-order chi connectivity index (χ1) is 9.81. The molecule has 1 aliphatic rings. The van der Waals surface area contributed by atoms with Gasteiger partial charge < -0.3 is 15.2 Å². The number of rotatable bonds is 4.